The van der Waals surface area contributed by atoms with Crippen LogP contribution in [0.25, 0.3) is 138 Å². The minimum atomic E-state index is -0.401. The van der Waals surface area contributed by atoms with E-state index in [9.17, 15) is 5.48 Å². The van der Waals surface area contributed by atoms with Crippen LogP contribution in [0.15, 0.2) is 358 Å². The summed E-state index contributed by atoms with van der Waals surface area (Å²) in [6.07, 6.45) is 0. The van der Waals surface area contributed by atoms with Gasteiger partial charge < -0.3 is 23.5 Å². The average molecular weight is 1470 g/mol. The molecule has 114 heavy (non-hydrogen) atoms. The van der Waals surface area contributed by atoms with Crippen molar-refractivity contribution < 1.29 is 5.48 Å². The average Bonchev–Trinajstić information content (AvgIpc) is 0.914. The molecule has 0 bridgehead atoms. The number of fused-ring (bicyclic) bond motifs is 13. The van der Waals surface area contributed by atoms with Gasteiger partial charge in [0.1, 0.15) is 0 Å². The topological polar surface area (TPSA) is 21.3 Å². The zero-order chi connectivity index (χ0) is 80.5. The second-order valence-electron chi connectivity index (χ2n) is 34.2. The van der Waals surface area contributed by atoms with E-state index >= 15 is 0 Å². The summed E-state index contributed by atoms with van der Waals surface area (Å²) in [4.78, 5) is 5.11. The lowest BCUT2D eigenvalue weighted by Gasteiger charge is -2.45. The summed E-state index contributed by atoms with van der Waals surface area (Å²) >= 11 is 0. The summed E-state index contributed by atoms with van der Waals surface area (Å²) < 4.78 is 47.1. The highest BCUT2D eigenvalue weighted by atomic mass is 15.2. The van der Waals surface area contributed by atoms with Crippen LogP contribution in [0.1, 0.15) is 84.5 Å². The van der Waals surface area contributed by atoms with Gasteiger partial charge in [-0.2, -0.15) is 0 Å². The van der Waals surface area contributed by atoms with Gasteiger partial charge in [0.05, 0.1) is 50.0 Å². The molecule has 0 spiro atoms. The van der Waals surface area contributed by atoms with Crippen LogP contribution in [0.3, 0.4) is 0 Å². The number of aromatic nitrogens is 3. The standard InChI is InChI=1S/C108H86BN5/c1-106(2,3)77-39-28-38-73(59-77)74-48-53-92-100(62-74)114(105-84(71-34-18-12-19-35-71)43-29-44-85(105)72-36-20-13-21-37-72)103-68-83(112-96-47-27-24-42-88(96)91-65-80(52-57-99(91)112)110-94-45-25-22-40-86(94)87-41-23-26-46-95(87)110)67-102-104(103)109(92)93-54-51-81(111-97-55-49-78(107(4,5)6)63-89(97)90-64-79(108(7,8)9)50-56-98(90)111)66-101(93)113(102)82-60-75(69-30-14-10-15-31-69)58-76(61-82)70-32-16-11-17-33-70/h10-68H,1-9H3/i24D,27D,42D,47D. The fraction of sp³-hybridized carbons (Fsp3) is 0.111. The molecule has 0 radical (unpaired) electrons. The molecule has 3 aromatic heterocycles. The quantitative estimate of drug-likeness (QED) is 0.127. The van der Waals surface area contributed by atoms with Crippen LogP contribution < -0.4 is 26.2 Å². The van der Waals surface area contributed by atoms with Crippen molar-refractivity contribution >= 4 is 123 Å². The van der Waals surface area contributed by atoms with E-state index in [2.05, 4.69) is 419 Å². The highest BCUT2D eigenvalue weighted by molar-refractivity contribution is 7.00. The lowest BCUT2D eigenvalue weighted by Crippen LogP contribution is -2.61. The van der Waals surface area contributed by atoms with Gasteiger partial charge in [0.25, 0.3) is 6.71 Å². The molecule has 5 nitrogen and oxygen atoms in total. The third-order valence-electron chi connectivity index (χ3n) is 24.2. The number of benzene rings is 16. The smallest absolute Gasteiger partial charge is 0.252 e. The predicted octanol–water partition coefficient (Wildman–Crippen LogP) is 27.3. The number of hydrogen-bond donors (Lipinski definition) is 0. The maximum atomic E-state index is 10.5. The van der Waals surface area contributed by atoms with Crippen LogP contribution in [0.5, 0.6) is 0 Å². The highest BCUT2D eigenvalue weighted by Crippen LogP contribution is 2.54. The lowest BCUT2D eigenvalue weighted by molar-refractivity contribution is 0.590. The van der Waals surface area contributed by atoms with E-state index in [4.69, 9.17) is 0 Å². The Labute approximate surface area is 673 Å². The first kappa shape index (κ1) is 64.3. The Bertz CT molecular complexity index is 7120. The zero-order valence-electron chi connectivity index (χ0n) is 69.6. The van der Waals surface area contributed by atoms with Crippen molar-refractivity contribution in [2.45, 2.75) is 78.6 Å². The third-order valence-corrected chi connectivity index (χ3v) is 24.2. The maximum absolute atomic E-state index is 10.5. The number of anilines is 6. The molecule has 0 saturated carbocycles. The molecule has 0 fully saturated rings. The van der Waals surface area contributed by atoms with Crippen molar-refractivity contribution in [1.29, 1.82) is 0 Å². The van der Waals surface area contributed by atoms with Crippen LogP contribution in [0.2, 0.25) is 0 Å². The Balaban J connectivity index is 0.946. The first-order chi connectivity index (χ1) is 57.1. The second kappa shape index (κ2) is 26.1. The van der Waals surface area contributed by atoms with Crippen molar-refractivity contribution in [3.05, 3.63) is 375 Å². The van der Waals surface area contributed by atoms with Gasteiger partial charge in [-0.1, -0.05) is 311 Å². The Kier molecular flexibility index (Phi) is 14.7. The maximum Gasteiger partial charge on any atom is 0.252 e. The summed E-state index contributed by atoms with van der Waals surface area (Å²) in [5.41, 5.74) is 31.1. The minimum absolute atomic E-state index is 0.107. The van der Waals surface area contributed by atoms with Crippen LogP contribution in [-0.2, 0) is 16.2 Å². The van der Waals surface area contributed by atoms with Gasteiger partial charge in [-0.25, -0.2) is 0 Å². The number of rotatable bonds is 10. The highest BCUT2D eigenvalue weighted by Gasteiger charge is 2.46. The summed E-state index contributed by atoms with van der Waals surface area (Å²) in [6.45, 7) is 20.3. The van der Waals surface area contributed by atoms with E-state index in [1.165, 1.54) is 27.5 Å². The van der Waals surface area contributed by atoms with Gasteiger partial charge >= 0.3 is 0 Å². The lowest BCUT2D eigenvalue weighted by atomic mass is 9.33. The molecule has 0 unspecified atom stereocenters. The molecule has 2 aliphatic rings. The predicted molar refractivity (Wildman–Crippen MR) is 487 cm³/mol. The molecule has 546 valence electrons. The molecular weight excluding hydrogens is 1380 g/mol. The van der Waals surface area contributed by atoms with Crippen molar-refractivity contribution in [2.75, 3.05) is 9.80 Å². The van der Waals surface area contributed by atoms with Gasteiger partial charge in [0, 0.05) is 83.3 Å². The van der Waals surface area contributed by atoms with E-state index < -0.39 is 6.71 Å². The second-order valence-corrected chi connectivity index (χ2v) is 34.2. The normalized spacial score (nSPS) is 13.4. The van der Waals surface area contributed by atoms with Gasteiger partial charge in [-0.05, 0) is 203 Å². The van der Waals surface area contributed by atoms with Crippen molar-refractivity contribution in [1.82, 2.24) is 13.7 Å². The molecule has 2 aliphatic heterocycles. The Hall–Kier alpha value is -13.4. The summed E-state index contributed by atoms with van der Waals surface area (Å²) in [6, 6.07) is 122. The number of nitrogens with zero attached hydrogens (tertiary/aromatic N) is 5. The van der Waals surface area contributed by atoms with E-state index in [1.54, 1.807) is 0 Å². The minimum Gasteiger partial charge on any atom is -0.311 e. The molecule has 0 atom stereocenters. The summed E-state index contributed by atoms with van der Waals surface area (Å²) in [7, 11) is 0. The first-order valence-corrected chi connectivity index (χ1v) is 39.9. The zero-order valence-corrected chi connectivity index (χ0v) is 65.6. The monoisotopic (exact) mass is 1470 g/mol. The summed E-state index contributed by atoms with van der Waals surface area (Å²) in [5, 5.41) is 5.77. The third kappa shape index (κ3) is 11.1. The molecule has 21 rings (SSSR count). The van der Waals surface area contributed by atoms with Gasteiger partial charge in [0.15, 0.2) is 0 Å². The number of para-hydroxylation sites is 4. The Morgan fingerprint density at radius 3 is 1.22 bits per heavy atom. The van der Waals surface area contributed by atoms with E-state index in [0.29, 0.717) is 22.0 Å². The van der Waals surface area contributed by atoms with Crippen molar-refractivity contribution in [2.24, 2.45) is 0 Å². The van der Waals surface area contributed by atoms with Crippen LogP contribution >= 0.6 is 0 Å². The SMILES string of the molecule is [2H]c1c([2H])c([2H])c2c(c1[2H])c1cc(-n3c4ccccc4c4ccccc43)ccc1n2-c1cc2c3c(c1)N(c1c(-c4ccccc4)cccc1-c1ccccc1)c1cc(-c4cccc(C(C)(C)C)c4)ccc1B3c1ccc(-n3c4ccc(C(C)(C)C)cc4c4cc(C(C)(C)C)ccc43)cc1N2c1cc(-c2ccccc2)cc(-c2ccccc2)c1. The fourth-order valence-electron chi connectivity index (χ4n) is 18.5. The molecule has 0 saturated heterocycles. The molecular formula is C108H86BN5. The molecule has 19 aromatic rings. The van der Waals surface area contributed by atoms with E-state index in [0.717, 1.165) is 156 Å². The van der Waals surface area contributed by atoms with Crippen LogP contribution in [-0.4, -0.2) is 20.4 Å². The van der Waals surface area contributed by atoms with E-state index in [1.807, 2.05) is 0 Å². The Morgan fingerprint density at radius 2 is 0.658 bits per heavy atom. The van der Waals surface area contributed by atoms with Crippen molar-refractivity contribution in [3.63, 3.8) is 0 Å². The largest absolute Gasteiger partial charge is 0.311 e. The molecule has 0 N–H and O–H groups in total. The molecule has 0 aliphatic carbocycles. The molecule has 0 amide bonds. The Morgan fingerprint density at radius 1 is 0.246 bits per heavy atom. The number of hydrogen-bond acceptors (Lipinski definition) is 2. The molecule has 6 heteroatoms. The first-order valence-electron chi connectivity index (χ1n) is 41.9. The van der Waals surface area contributed by atoms with Gasteiger partial charge in [-0.3, -0.25) is 0 Å². The summed E-state index contributed by atoms with van der Waals surface area (Å²) in [5.74, 6) is 0. The van der Waals surface area contributed by atoms with E-state index in [-0.39, 0.29) is 40.4 Å². The van der Waals surface area contributed by atoms with Crippen LogP contribution in [0, 0.1) is 0 Å². The van der Waals surface area contributed by atoms with Crippen molar-refractivity contribution in [3.8, 4) is 72.7 Å². The van der Waals surface area contributed by atoms with Gasteiger partial charge in [0.2, 0.25) is 0 Å². The molecule has 5 heterocycles. The van der Waals surface area contributed by atoms with Crippen LogP contribution in [0.4, 0.5) is 34.1 Å². The molecule has 16 aromatic carbocycles. The fourth-order valence-corrected chi connectivity index (χ4v) is 18.5. The van der Waals surface area contributed by atoms with Gasteiger partial charge in [-0.15, -0.1) is 0 Å².